The van der Waals surface area contributed by atoms with Crippen molar-refractivity contribution in [2.75, 3.05) is 17.4 Å². The fourth-order valence-corrected chi connectivity index (χ4v) is 2.85. The molecule has 2 N–H and O–H groups in total. The number of pyridine rings is 1. The number of ether oxygens (including phenoxy) is 2. The molecule has 2 aromatic carbocycles. The van der Waals surface area contributed by atoms with Gasteiger partial charge in [0.2, 0.25) is 12.7 Å². The minimum Gasteiger partial charge on any atom is -0.454 e. The van der Waals surface area contributed by atoms with E-state index in [0.29, 0.717) is 17.9 Å². The summed E-state index contributed by atoms with van der Waals surface area (Å²) < 4.78 is 23.9. The van der Waals surface area contributed by atoms with E-state index in [4.69, 9.17) is 9.47 Å². The van der Waals surface area contributed by atoms with Gasteiger partial charge >= 0.3 is 0 Å². The van der Waals surface area contributed by atoms with Crippen molar-refractivity contribution < 1.29 is 18.7 Å². The number of fused-ring (bicyclic) bond motifs is 1. The Morgan fingerprint density at radius 3 is 2.75 bits per heavy atom. The Bertz CT molecular complexity index is 992. The molecule has 142 valence electrons. The lowest BCUT2D eigenvalue weighted by Gasteiger charge is -2.09. The second kappa shape index (κ2) is 7.96. The summed E-state index contributed by atoms with van der Waals surface area (Å²) in [7, 11) is 0. The molecule has 0 spiro atoms. The third-order valence-corrected chi connectivity index (χ3v) is 4.22. The van der Waals surface area contributed by atoms with Gasteiger partial charge in [-0.25, -0.2) is 9.37 Å². The number of amides is 1. The fraction of sp³-hybridized carbons (Fsp3) is 0.143. The van der Waals surface area contributed by atoms with Crippen LogP contribution >= 0.6 is 0 Å². The molecule has 1 aromatic heterocycles. The molecule has 4 rings (SSSR count). The smallest absolute Gasteiger partial charge is 0.231 e. The Kier molecular flexibility index (Phi) is 5.05. The summed E-state index contributed by atoms with van der Waals surface area (Å²) in [6, 6.07) is 15.3. The number of benzene rings is 2. The number of carbonyl (C=O) groups is 1. The van der Waals surface area contributed by atoms with Crippen molar-refractivity contribution in [3.63, 3.8) is 0 Å². The van der Waals surface area contributed by atoms with E-state index in [2.05, 4.69) is 15.6 Å². The molecule has 6 nitrogen and oxygen atoms in total. The normalized spacial score (nSPS) is 11.9. The largest absolute Gasteiger partial charge is 0.454 e. The van der Waals surface area contributed by atoms with Gasteiger partial charge in [0.15, 0.2) is 11.5 Å². The first-order valence-corrected chi connectivity index (χ1v) is 8.78. The van der Waals surface area contributed by atoms with Gasteiger partial charge in [-0.1, -0.05) is 18.2 Å². The van der Waals surface area contributed by atoms with E-state index in [1.54, 1.807) is 24.4 Å². The summed E-state index contributed by atoms with van der Waals surface area (Å²) in [5.41, 5.74) is 2.48. The van der Waals surface area contributed by atoms with Gasteiger partial charge in [-0.05, 0) is 47.5 Å². The molecule has 0 bridgehead atoms. The van der Waals surface area contributed by atoms with E-state index in [1.165, 1.54) is 12.1 Å². The Balaban J connectivity index is 1.30. The number of hydrogen-bond acceptors (Lipinski definition) is 5. The number of nitrogens with one attached hydrogen (secondary N) is 2. The number of hydrogen-bond donors (Lipinski definition) is 2. The van der Waals surface area contributed by atoms with Gasteiger partial charge in [-0.15, -0.1) is 0 Å². The lowest BCUT2D eigenvalue weighted by Crippen LogP contribution is -2.15. The first-order chi connectivity index (χ1) is 13.7. The molecule has 0 saturated carbocycles. The van der Waals surface area contributed by atoms with E-state index in [1.807, 2.05) is 24.3 Å². The van der Waals surface area contributed by atoms with Crippen LogP contribution in [0.15, 0.2) is 60.8 Å². The number of anilines is 2. The minimum absolute atomic E-state index is 0.0869. The fourth-order valence-electron chi connectivity index (χ4n) is 2.85. The molecule has 3 aromatic rings. The van der Waals surface area contributed by atoms with E-state index < -0.39 is 0 Å². The maximum absolute atomic E-state index is 13.2. The van der Waals surface area contributed by atoms with Gasteiger partial charge in [0.1, 0.15) is 11.6 Å². The first-order valence-electron chi connectivity index (χ1n) is 8.78. The lowest BCUT2D eigenvalue weighted by atomic mass is 10.1. The molecule has 0 fully saturated rings. The maximum Gasteiger partial charge on any atom is 0.231 e. The van der Waals surface area contributed by atoms with Crippen molar-refractivity contribution >= 4 is 17.4 Å². The summed E-state index contributed by atoms with van der Waals surface area (Å²) in [4.78, 5) is 16.3. The second-order valence-electron chi connectivity index (χ2n) is 6.33. The number of carbonyl (C=O) groups excluding carboxylic acids is 1. The average molecular weight is 379 g/mol. The van der Waals surface area contributed by atoms with Crippen LogP contribution in [0.3, 0.4) is 0 Å². The van der Waals surface area contributed by atoms with Gasteiger partial charge in [-0.3, -0.25) is 4.79 Å². The number of halogens is 1. The third kappa shape index (κ3) is 4.37. The van der Waals surface area contributed by atoms with Crippen LogP contribution in [0.2, 0.25) is 0 Å². The average Bonchev–Trinajstić information content (AvgIpc) is 3.15. The molecule has 0 saturated heterocycles. The highest BCUT2D eigenvalue weighted by atomic mass is 19.1. The predicted octanol–water partition coefficient (Wildman–Crippen LogP) is 3.74. The highest BCUT2D eigenvalue weighted by Crippen LogP contribution is 2.32. The summed E-state index contributed by atoms with van der Waals surface area (Å²) >= 11 is 0. The van der Waals surface area contributed by atoms with Crippen LogP contribution < -0.4 is 20.1 Å². The molecule has 7 heteroatoms. The quantitative estimate of drug-likeness (QED) is 0.683. The zero-order chi connectivity index (χ0) is 19.3. The van der Waals surface area contributed by atoms with Crippen LogP contribution in [0.25, 0.3) is 0 Å². The zero-order valence-electron chi connectivity index (χ0n) is 14.9. The van der Waals surface area contributed by atoms with Gasteiger partial charge in [0.05, 0.1) is 18.3 Å². The van der Waals surface area contributed by atoms with E-state index in [-0.39, 0.29) is 24.9 Å². The van der Waals surface area contributed by atoms with Crippen molar-refractivity contribution in [3.05, 3.63) is 77.7 Å². The molecule has 0 atom stereocenters. The lowest BCUT2D eigenvalue weighted by molar-refractivity contribution is -0.115. The second-order valence-corrected chi connectivity index (χ2v) is 6.33. The van der Waals surface area contributed by atoms with Gasteiger partial charge in [0, 0.05) is 6.54 Å². The molecule has 2 heterocycles. The molecular weight excluding hydrogens is 361 g/mol. The molecule has 0 unspecified atom stereocenters. The monoisotopic (exact) mass is 379 g/mol. The van der Waals surface area contributed by atoms with Crippen molar-refractivity contribution in [1.29, 1.82) is 0 Å². The van der Waals surface area contributed by atoms with Crippen LogP contribution in [-0.2, 0) is 17.8 Å². The van der Waals surface area contributed by atoms with Crippen molar-refractivity contribution in [2.24, 2.45) is 0 Å². The molecule has 0 aliphatic carbocycles. The van der Waals surface area contributed by atoms with Gasteiger partial charge < -0.3 is 20.1 Å². The standard InChI is InChI=1S/C21H18FN3O3/c22-16-3-1-2-14(8-16)10-21(26)25-20-7-5-17(12-24-20)23-11-15-4-6-18-19(9-15)28-13-27-18/h1-9,12,23H,10-11,13H2,(H,24,25,26). The number of aromatic nitrogens is 1. The zero-order valence-corrected chi connectivity index (χ0v) is 14.9. The van der Waals surface area contributed by atoms with Gasteiger partial charge in [0.25, 0.3) is 0 Å². The third-order valence-electron chi connectivity index (χ3n) is 4.22. The van der Waals surface area contributed by atoms with Crippen LogP contribution in [0.4, 0.5) is 15.9 Å². The summed E-state index contributed by atoms with van der Waals surface area (Å²) in [5.74, 6) is 1.33. The molecule has 1 aliphatic heterocycles. The maximum atomic E-state index is 13.2. The summed E-state index contributed by atoms with van der Waals surface area (Å²) in [6.07, 6.45) is 1.73. The molecular formula is C21H18FN3O3. The Morgan fingerprint density at radius 2 is 1.93 bits per heavy atom. The first kappa shape index (κ1) is 17.8. The Hall–Kier alpha value is -3.61. The van der Waals surface area contributed by atoms with E-state index in [9.17, 15) is 9.18 Å². The molecule has 1 amide bonds. The predicted molar refractivity (Wildman–Crippen MR) is 103 cm³/mol. The SMILES string of the molecule is O=C(Cc1cccc(F)c1)Nc1ccc(NCc2ccc3c(c2)OCO3)cn1. The number of rotatable bonds is 6. The molecule has 0 radical (unpaired) electrons. The van der Waals surface area contributed by atoms with Gasteiger partial charge in [-0.2, -0.15) is 0 Å². The minimum atomic E-state index is -0.360. The number of nitrogens with zero attached hydrogens (tertiary/aromatic N) is 1. The van der Waals surface area contributed by atoms with Crippen molar-refractivity contribution in [2.45, 2.75) is 13.0 Å². The highest BCUT2D eigenvalue weighted by molar-refractivity contribution is 5.91. The van der Waals surface area contributed by atoms with Crippen molar-refractivity contribution in [1.82, 2.24) is 4.98 Å². The summed E-state index contributed by atoms with van der Waals surface area (Å²) in [5, 5.41) is 5.97. The van der Waals surface area contributed by atoms with E-state index in [0.717, 1.165) is 22.7 Å². The van der Waals surface area contributed by atoms with Crippen molar-refractivity contribution in [3.8, 4) is 11.5 Å². The van der Waals surface area contributed by atoms with Crippen LogP contribution in [0, 0.1) is 5.82 Å². The Labute approximate surface area is 161 Å². The highest BCUT2D eigenvalue weighted by Gasteiger charge is 2.13. The topological polar surface area (TPSA) is 72.5 Å². The Morgan fingerprint density at radius 1 is 1.04 bits per heavy atom. The van der Waals surface area contributed by atoms with E-state index >= 15 is 0 Å². The van der Waals surface area contributed by atoms with Crippen LogP contribution in [-0.4, -0.2) is 17.7 Å². The van der Waals surface area contributed by atoms with Crippen LogP contribution in [0.5, 0.6) is 11.5 Å². The summed E-state index contributed by atoms with van der Waals surface area (Å²) in [6.45, 7) is 0.853. The molecule has 28 heavy (non-hydrogen) atoms. The molecule has 1 aliphatic rings. The van der Waals surface area contributed by atoms with Crippen LogP contribution in [0.1, 0.15) is 11.1 Å².